The van der Waals surface area contributed by atoms with Crippen LogP contribution in [0.5, 0.6) is 0 Å². The third-order valence-electron chi connectivity index (χ3n) is 9.25. The lowest BCUT2D eigenvalue weighted by Crippen LogP contribution is -2.71. The smallest absolute Gasteiger partial charge is 0.462 e. The fraction of sp³-hybridized carbons (Fsp3) is 0.938. The molecule has 73 heavy (non-hydrogen) atoms. The van der Waals surface area contributed by atoms with Crippen LogP contribution in [-0.4, -0.2) is 122 Å². The molecule has 7 nitrogen and oxygen atoms in total. The van der Waals surface area contributed by atoms with E-state index in [2.05, 4.69) is 14.2 Å². The maximum atomic E-state index is 14.3. The van der Waals surface area contributed by atoms with Crippen molar-refractivity contribution in [3.05, 3.63) is 0 Å². The maximum Gasteiger partial charge on any atom is 0.462 e. The molecule has 0 aliphatic rings. The highest BCUT2D eigenvalue weighted by molar-refractivity contribution is 5.76. The van der Waals surface area contributed by atoms with Gasteiger partial charge in [0, 0.05) is 0 Å². The summed E-state index contributed by atoms with van der Waals surface area (Å²) in [4.78, 5) is 23.3. The van der Waals surface area contributed by atoms with Gasteiger partial charge in [-0.1, -0.05) is 13.8 Å². The van der Waals surface area contributed by atoms with Crippen molar-refractivity contribution in [1.82, 2.24) is 0 Å². The first kappa shape index (κ1) is 71.5. The van der Waals surface area contributed by atoms with Gasteiger partial charge >= 0.3 is 108 Å². The van der Waals surface area contributed by atoms with Crippen LogP contribution in [0.2, 0.25) is 0 Å². The molecule has 0 radical (unpaired) electrons. The Morgan fingerprint density at radius 2 is 0.575 bits per heavy atom. The lowest BCUT2D eigenvalue weighted by atomic mass is 9.91. The van der Waals surface area contributed by atoms with Gasteiger partial charge in [-0.25, -0.2) is 8.78 Å². The molecule has 0 saturated heterocycles. The third kappa shape index (κ3) is 14.3. The summed E-state index contributed by atoms with van der Waals surface area (Å²) in [6, 6.07) is 0. The lowest BCUT2D eigenvalue weighted by molar-refractivity contribution is -0.552. The molecule has 0 saturated carbocycles. The minimum absolute atomic E-state index is 0.0709. The SMILES string of the molecule is CCC(C)(C)C(=O)OCCC(F)(OC(F)(F)C(F)(F)C(F)(F)C(F)(F)C(F)(F)C(F)(F)F)C(F)(F)F.CCC(C)(C)C(=O)OCCC(F)(OC(F)(F)C(F)(OC(F)(F)C(F)(F)C(F)(F)F)C(F)(F)F)C(F)(F)F. The van der Waals surface area contributed by atoms with E-state index < -0.39 is 145 Å². The molecule has 0 N–H and O–H groups in total. The molecule has 0 aliphatic carbocycles. The van der Waals surface area contributed by atoms with Gasteiger partial charge in [0.2, 0.25) is 0 Å². The average molecular weight is 1170 g/mol. The lowest BCUT2D eigenvalue weighted by Gasteiger charge is -2.41. The Morgan fingerprint density at radius 1 is 0.315 bits per heavy atom. The molecule has 0 bridgehead atoms. The predicted molar refractivity (Wildman–Crippen MR) is 164 cm³/mol. The first-order valence-electron chi connectivity index (χ1n) is 18.1. The molecular formula is C32H30F34O7. The number of hydrogen-bond donors (Lipinski definition) is 0. The van der Waals surface area contributed by atoms with E-state index in [1.54, 1.807) is 0 Å². The van der Waals surface area contributed by atoms with Crippen molar-refractivity contribution < 1.29 is 183 Å². The standard InChI is InChI=1S/C16H15F17O4.C16H15F17O3/c1-4-8(2,3)7(34)35-6-5-9(17,12(21,22)23)36-16(32,33)11(20,14(27,28)29)37-15(30,31)10(18,19)13(24,25)26;1-4-8(2,3)7(34)35-6-5-9(17,14(26,27)28)36-16(32,33)13(24,25)11(20,21)10(18,19)12(22,23)15(29,30)31/h4-6H2,1-3H3;4-6H2,1-3H3. The van der Waals surface area contributed by atoms with Gasteiger partial charge in [-0.05, 0) is 40.5 Å². The van der Waals surface area contributed by atoms with Crippen LogP contribution in [0.1, 0.15) is 67.2 Å². The highest BCUT2D eigenvalue weighted by Crippen LogP contribution is 2.62. The minimum atomic E-state index is -8.49. The number of ether oxygens (including phenoxy) is 5. The molecule has 0 aromatic carbocycles. The first-order valence-corrected chi connectivity index (χ1v) is 18.1. The fourth-order valence-corrected chi connectivity index (χ4v) is 3.71. The number of rotatable bonds is 22. The molecule has 0 fully saturated rings. The summed E-state index contributed by atoms with van der Waals surface area (Å²) in [5.74, 6) is -64.4. The van der Waals surface area contributed by atoms with Crippen LogP contribution in [0.15, 0.2) is 0 Å². The van der Waals surface area contributed by atoms with Gasteiger partial charge in [0.25, 0.3) is 0 Å². The van der Waals surface area contributed by atoms with E-state index in [0.717, 1.165) is 27.7 Å². The zero-order chi connectivity index (χ0) is 59.9. The van der Waals surface area contributed by atoms with E-state index in [4.69, 9.17) is 0 Å². The van der Waals surface area contributed by atoms with Gasteiger partial charge in [-0.2, -0.15) is 140 Å². The Morgan fingerprint density at radius 3 is 0.822 bits per heavy atom. The van der Waals surface area contributed by atoms with E-state index in [1.165, 1.54) is 18.6 Å². The van der Waals surface area contributed by atoms with E-state index in [-0.39, 0.29) is 12.8 Å². The van der Waals surface area contributed by atoms with Crippen molar-refractivity contribution in [2.75, 3.05) is 13.2 Å². The molecule has 0 aromatic rings. The molecule has 3 unspecified atom stereocenters. The van der Waals surface area contributed by atoms with Crippen LogP contribution in [-0.2, 0) is 33.3 Å². The van der Waals surface area contributed by atoms with Crippen LogP contribution in [0.4, 0.5) is 149 Å². The largest absolute Gasteiger partial charge is 0.465 e. The highest BCUT2D eigenvalue weighted by atomic mass is 19.5. The summed E-state index contributed by atoms with van der Waals surface area (Å²) < 4.78 is 457. The molecule has 41 heteroatoms. The number of esters is 2. The number of alkyl halides is 34. The van der Waals surface area contributed by atoms with Crippen LogP contribution >= 0.6 is 0 Å². The Kier molecular flexibility index (Phi) is 20.7. The van der Waals surface area contributed by atoms with Gasteiger partial charge in [0.1, 0.15) is 0 Å². The Labute approximate surface area is 383 Å². The van der Waals surface area contributed by atoms with Crippen LogP contribution in [0, 0.1) is 10.8 Å². The Balaban J connectivity index is 0. The van der Waals surface area contributed by atoms with E-state index >= 15 is 0 Å². The molecule has 438 valence electrons. The second-order valence-corrected chi connectivity index (χ2v) is 15.5. The molecule has 3 atom stereocenters. The number of halogens is 34. The maximum absolute atomic E-state index is 14.3. The molecular weight excluding hydrogens is 1140 g/mol. The van der Waals surface area contributed by atoms with Crippen molar-refractivity contribution in [3.63, 3.8) is 0 Å². The van der Waals surface area contributed by atoms with Crippen molar-refractivity contribution >= 4 is 11.9 Å². The van der Waals surface area contributed by atoms with E-state index in [9.17, 15) is 159 Å². The van der Waals surface area contributed by atoms with Gasteiger partial charge in [0.05, 0.1) is 36.9 Å². The van der Waals surface area contributed by atoms with Crippen molar-refractivity contribution in [1.29, 1.82) is 0 Å². The molecule has 0 aromatic heterocycles. The summed E-state index contributed by atoms with van der Waals surface area (Å²) in [5.41, 5.74) is -2.97. The van der Waals surface area contributed by atoms with Crippen LogP contribution in [0.3, 0.4) is 0 Å². The summed E-state index contributed by atoms with van der Waals surface area (Å²) >= 11 is 0. The topological polar surface area (TPSA) is 80.3 Å². The van der Waals surface area contributed by atoms with Gasteiger partial charge in [-0.3, -0.25) is 23.8 Å². The second-order valence-electron chi connectivity index (χ2n) is 15.5. The van der Waals surface area contributed by atoms with Crippen LogP contribution < -0.4 is 0 Å². The molecule has 0 rings (SSSR count). The van der Waals surface area contributed by atoms with Crippen molar-refractivity contribution in [2.45, 2.75) is 164 Å². The third-order valence-corrected chi connectivity index (χ3v) is 9.25. The molecule has 0 spiro atoms. The first-order chi connectivity index (χ1) is 31.2. The van der Waals surface area contributed by atoms with Crippen molar-refractivity contribution in [2.24, 2.45) is 10.8 Å². The van der Waals surface area contributed by atoms with E-state index in [1.807, 2.05) is 4.74 Å². The number of hydrogen-bond acceptors (Lipinski definition) is 7. The summed E-state index contributed by atoms with van der Waals surface area (Å²) in [6.45, 7) is 3.28. The Hall–Kier alpha value is -3.56. The zero-order valence-electron chi connectivity index (χ0n) is 36.0. The van der Waals surface area contributed by atoms with Gasteiger partial charge < -0.3 is 9.47 Å². The molecule has 0 heterocycles. The van der Waals surface area contributed by atoms with Crippen LogP contribution in [0.25, 0.3) is 0 Å². The van der Waals surface area contributed by atoms with Crippen molar-refractivity contribution in [3.8, 4) is 0 Å². The minimum Gasteiger partial charge on any atom is -0.465 e. The average Bonchev–Trinajstić information content (AvgIpc) is 3.14. The highest BCUT2D eigenvalue weighted by Gasteiger charge is 2.92. The Bertz CT molecular complexity index is 1850. The fourth-order valence-electron chi connectivity index (χ4n) is 3.71. The van der Waals surface area contributed by atoms with E-state index in [0.29, 0.717) is 0 Å². The predicted octanol–water partition coefficient (Wildman–Crippen LogP) is 14.5. The second kappa shape index (κ2) is 21.1. The molecule has 0 amide bonds. The quantitative estimate of drug-likeness (QED) is 0.0789. The normalized spacial score (nSPS) is 17.7. The summed E-state index contributed by atoms with van der Waals surface area (Å²) in [7, 11) is 0. The number of carbonyl (C=O) groups excluding carboxylic acids is 2. The molecule has 0 aliphatic heterocycles. The number of carbonyl (C=O) groups is 2. The summed E-state index contributed by atoms with van der Waals surface area (Å²) in [6.07, 6.45) is -66.0. The summed E-state index contributed by atoms with van der Waals surface area (Å²) in [5, 5.41) is 0. The monoisotopic (exact) mass is 1170 g/mol. The van der Waals surface area contributed by atoms with Gasteiger partial charge in [-0.15, -0.1) is 0 Å². The van der Waals surface area contributed by atoms with Gasteiger partial charge in [0.15, 0.2) is 0 Å². The zero-order valence-corrected chi connectivity index (χ0v) is 36.0.